The van der Waals surface area contributed by atoms with Crippen molar-refractivity contribution >= 4 is 10.0 Å². The van der Waals surface area contributed by atoms with Crippen LogP contribution in [0.4, 0.5) is 0 Å². The van der Waals surface area contributed by atoms with Gasteiger partial charge in [0.2, 0.25) is 10.9 Å². The Hall–Kier alpha value is -2.44. The van der Waals surface area contributed by atoms with E-state index in [0.717, 1.165) is 15.4 Å². The van der Waals surface area contributed by atoms with Gasteiger partial charge in [-0.15, -0.1) is 0 Å². The van der Waals surface area contributed by atoms with Crippen molar-refractivity contribution in [3.8, 4) is 22.8 Å². The Morgan fingerprint density at radius 3 is 2.12 bits per heavy atom. The van der Waals surface area contributed by atoms with Crippen LogP contribution >= 0.6 is 0 Å². The molecule has 0 fully saturated rings. The molecule has 0 unspecified atom stereocenters. The van der Waals surface area contributed by atoms with E-state index in [1.165, 1.54) is 14.1 Å². The third kappa shape index (κ3) is 2.98. The minimum absolute atomic E-state index is 0.0747. The van der Waals surface area contributed by atoms with Gasteiger partial charge in [0.05, 0.1) is 0 Å². The fourth-order valence-electron chi connectivity index (χ4n) is 2.25. The van der Waals surface area contributed by atoms with Crippen LogP contribution in [0, 0.1) is 6.92 Å². The minimum atomic E-state index is -3.72. The zero-order chi connectivity index (χ0) is 17.3. The number of oxazole rings is 1. The molecule has 24 heavy (non-hydrogen) atoms. The van der Waals surface area contributed by atoms with E-state index in [2.05, 4.69) is 4.98 Å². The largest absolute Gasteiger partial charge is 0.435 e. The monoisotopic (exact) mass is 342 g/mol. The van der Waals surface area contributed by atoms with Gasteiger partial charge in [0.25, 0.3) is 10.0 Å². The van der Waals surface area contributed by atoms with Gasteiger partial charge >= 0.3 is 0 Å². The first-order chi connectivity index (χ1) is 11.4. The van der Waals surface area contributed by atoms with E-state index in [1.54, 1.807) is 12.1 Å². The van der Waals surface area contributed by atoms with Crippen molar-refractivity contribution in [3.05, 3.63) is 60.2 Å². The second-order valence-electron chi connectivity index (χ2n) is 5.67. The maximum Gasteiger partial charge on any atom is 0.263 e. The summed E-state index contributed by atoms with van der Waals surface area (Å²) in [5.41, 5.74) is 2.51. The van der Waals surface area contributed by atoms with E-state index in [1.807, 2.05) is 49.4 Å². The lowest BCUT2D eigenvalue weighted by atomic mass is 10.1. The standard InChI is InChI=1S/C18H18N2O3S/c1-13-9-11-15(12-10-13)17-19-18(24(21,22)20(2)3)16(23-17)14-7-5-4-6-8-14/h4-12H,1-3H3. The normalized spacial score (nSPS) is 11.8. The SMILES string of the molecule is Cc1ccc(-c2nc(S(=O)(=O)N(C)C)c(-c3ccccc3)o2)cc1. The van der Waals surface area contributed by atoms with Crippen molar-refractivity contribution in [1.29, 1.82) is 0 Å². The molecule has 1 heterocycles. The van der Waals surface area contributed by atoms with E-state index < -0.39 is 10.0 Å². The summed E-state index contributed by atoms with van der Waals surface area (Å²) in [7, 11) is -0.770. The minimum Gasteiger partial charge on any atom is -0.435 e. The Morgan fingerprint density at radius 1 is 0.917 bits per heavy atom. The molecule has 0 amide bonds. The molecular weight excluding hydrogens is 324 g/mol. The molecule has 0 saturated carbocycles. The summed E-state index contributed by atoms with van der Waals surface area (Å²) in [6.07, 6.45) is 0. The average molecular weight is 342 g/mol. The van der Waals surface area contributed by atoms with Gasteiger partial charge in [-0.25, -0.2) is 12.7 Å². The predicted octanol–water partition coefficient (Wildman–Crippen LogP) is 3.57. The molecule has 6 heteroatoms. The van der Waals surface area contributed by atoms with Crippen LogP contribution in [0.1, 0.15) is 5.56 Å². The molecule has 1 aromatic heterocycles. The molecule has 0 atom stereocenters. The first-order valence-electron chi connectivity index (χ1n) is 7.45. The van der Waals surface area contributed by atoms with Crippen LogP contribution in [0.15, 0.2) is 64.0 Å². The highest BCUT2D eigenvalue weighted by Crippen LogP contribution is 2.33. The molecule has 3 aromatic rings. The smallest absolute Gasteiger partial charge is 0.263 e. The highest BCUT2D eigenvalue weighted by atomic mass is 32.2. The molecule has 0 radical (unpaired) electrons. The highest BCUT2D eigenvalue weighted by Gasteiger charge is 2.29. The molecule has 5 nitrogen and oxygen atoms in total. The van der Waals surface area contributed by atoms with Crippen LogP contribution in [0.3, 0.4) is 0 Å². The second-order valence-corrected chi connectivity index (χ2v) is 7.74. The van der Waals surface area contributed by atoms with Gasteiger partial charge in [-0.2, -0.15) is 4.98 Å². The number of sulfonamides is 1. The number of aromatic nitrogens is 1. The van der Waals surface area contributed by atoms with Crippen molar-refractivity contribution < 1.29 is 12.8 Å². The van der Waals surface area contributed by atoms with E-state index in [9.17, 15) is 8.42 Å². The van der Waals surface area contributed by atoms with Gasteiger partial charge in [-0.3, -0.25) is 0 Å². The predicted molar refractivity (Wildman–Crippen MR) is 93.0 cm³/mol. The zero-order valence-corrected chi connectivity index (χ0v) is 14.5. The summed E-state index contributed by atoms with van der Waals surface area (Å²) in [6, 6.07) is 16.7. The number of rotatable bonds is 4. The second kappa shape index (κ2) is 6.22. The lowest BCUT2D eigenvalue weighted by Crippen LogP contribution is -2.23. The third-order valence-corrected chi connectivity index (χ3v) is 5.38. The molecule has 0 aliphatic rings. The first kappa shape index (κ1) is 16.4. The van der Waals surface area contributed by atoms with Crippen molar-refractivity contribution in [2.45, 2.75) is 11.9 Å². The number of hydrogen-bond acceptors (Lipinski definition) is 4. The number of hydrogen-bond donors (Lipinski definition) is 0. The average Bonchev–Trinajstić information content (AvgIpc) is 3.02. The van der Waals surface area contributed by atoms with E-state index in [0.29, 0.717) is 5.56 Å². The third-order valence-electron chi connectivity index (χ3n) is 3.66. The summed E-state index contributed by atoms with van der Waals surface area (Å²) in [6.45, 7) is 1.98. The Kier molecular flexibility index (Phi) is 4.26. The maximum atomic E-state index is 12.6. The van der Waals surface area contributed by atoms with Crippen molar-refractivity contribution in [1.82, 2.24) is 9.29 Å². The molecule has 124 valence electrons. The van der Waals surface area contributed by atoms with Crippen molar-refractivity contribution in [2.75, 3.05) is 14.1 Å². The topological polar surface area (TPSA) is 63.4 Å². The molecule has 0 aliphatic heterocycles. The van der Waals surface area contributed by atoms with Crippen molar-refractivity contribution in [2.24, 2.45) is 0 Å². The van der Waals surface area contributed by atoms with Crippen LogP contribution in [-0.2, 0) is 10.0 Å². The summed E-state index contributed by atoms with van der Waals surface area (Å²) in [5.74, 6) is 0.536. The van der Waals surface area contributed by atoms with Crippen LogP contribution < -0.4 is 0 Å². The van der Waals surface area contributed by atoms with E-state index >= 15 is 0 Å². The van der Waals surface area contributed by atoms with Crippen LogP contribution in [0.25, 0.3) is 22.8 Å². The van der Waals surface area contributed by atoms with Gasteiger partial charge in [0.15, 0.2) is 5.76 Å². The fourth-order valence-corrected chi connectivity index (χ4v) is 3.18. The lowest BCUT2D eigenvalue weighted by Gasteiger charge is -2.09. The maximum absolute atomic E-state index is 12.6. The van der Waals surface area contributed by atoms with Crippen LogP contribution in [0.2, 0.25) is 0 Å². The molecule has 2 aromatic carbocycles. The first-order valence-corrected chi connectivity index (χ1v) is 8.89. The zero-order valence-electron chi connectivity index (χ0n) is 13.7. The van der Waals surface area contributed by atoms with E-state index in [-0.39, 0.29) is 16.7 Å². The van der Waals surface area contributed by atoms with Gasteiger partial charge in [-0.1, -0.05) is 48.0 Å². The Bertz CT molecular complexity index is 944. The van der Waals surface area contributed by atoms with Gasteiger partial charge in [-0.05, 0) is 19.1 Å². The summed E-state index contributed by atoms with van der Waals surface area (Å²) in [5, 5.41) is -0.0747. The Labute approximate surface area is 141 Å². The molecular formula is C18H18N2O3S. The molecule has 3 rings (SSSR count). The molecule has 0 saturated heterocycles. The summed E-state index contributed by atoms with van der Waals surface area (Å²) >= 11 is 0. The van der Waals surface area contributed by atoms with E-state index in [4.69, 9.17) is 4.42 Å². The van der Waals surface area contributed by atoms with Crippen LogP contribution in [0.5, 0.6) is 0 Å². The molecule has 0 aliphatic carbocycles. The summed E-state index contributed by atoms with van der Waals surface area (Å²) in [4.78, 5) is 4.28. The fraction of sp³-hybridized carbons (Fsp3) is 0.167. The quantitative estimate of drug-likeness (QED) is 0.727. The molecule has 0 N–H and O–H groups in total. The molecule has 0 spiro atoms. The lowest BCUT2D eigenvalue weighted by molar-refractivity contribution is 0.516. The Morgan fingerprint density at radius 2 is 1.54 bits per heavy atom. The molecule has 0 bridgehead atoms. The van der Waals surface area contributed by atoms with Crippen molar-refractivity contribution in [3.63, 3.8) is 0 Å². The van der Waals surface area contributed by atoms with Gasteiger partial charge < -0.3 is 4.42 Å². The van der Waals surface area contributed by atoms with Gasteiger partial charge in [0.1, 0.15) is 0 Å². The summed E-state index contributed by atoms with van der Waals surface area (Å²) < 4.78 is 32.2. The van der Waals surface area contributed by atoms with Gasteiger partial charge in [0, 0.05) is 25.2 Å². The van der Waals surface area contributed by atoms with Crippen LogP contribution in [-0.4, -0.2) is 31.8 Å². The number of benzene rings is 2. The number of nitrogens with zero attached hydrogens (tertiary/aromatic N) is 2. The highest BCUT2D eigenvalue weighted by molar-refractivity contribution is 7.89. The number of aryl methyl sites for hydroxylation is 1. The Balaban J connectivity index is 2.22.